The molecule has 1 heterocycles. The summed E-state index contributed by atoms with van der Waals surface area (Å²) in [6.45, 7) is 2.61. The number of para-hydroxylation sites is 1. The number of halogens is 1. The van der Waals surface area contributed by atoms with Crippen molar-refractivity contribution < 1.29 is 4.79 Å². The number of aromatic amines is 1. The predicted octanol–water partition coefficient (Wildman–Crippen LogP) is 5.53. The van der Waals surface area contributed by atoms with Crippen molar-refractivity contribution in [2.45, 2.75) is 58.2 Å². The number of nitrogens with zero attached hydrogens (tertiary/aromatic N) is 1. The lowest BCUT2D eigenvalue weighted by Gasteiger charge is -2.28. The van der Waals surface area contributed by atoms with Crippen LogP contribution in [0.1, 0.15) is 48.8 Å². The monoisotopic (exact) mass is 437 g/mol. The molecule has 6 heteroatoms. The van der Waals surface area contributed by atoms with Crippen molar-refractivity contribution in [2.75, 3.05) is 0 Å². The van der Waals surface area contributed by atoms with E-state index in [0.717, 1.165) is 47.7 Å². The van der Waals surface area contributed by atoms with Gasteiger partial charge in [-0.2, -0.15) is 0 Å². The molecule has 0 aliphatic heterocycles. The van der Waals surface area contributed by atoms with Crippen molar-refractivity contribution >= 4 is 28.5 Å². The number of amides is 2. The van der Waals surface area contributed by atoms with E-state index in [9.17, 15) is 9.59 Å². The van der Waals surface area contributed by atoms with Crippen LogP contribution in [0.25, 0.3) is 10.9 Å². The minimum absolute atomic E-state index is 0.134. The molecule has 2 aromatic carbocycles. The Bertz CT molecular complexity index is 1120. The Morgan fingerprint density at radius 1 is 1.10 bits per heavy atom. The molecule has 0 atom stereocenters. The molecule has 162 valence electrons. The first-order chi connectivity index (χ1) is 15.0. The fourth-order valence-electron chi connectivity index (χ4n) is 4.27. The molecule has 2 N–H and O–H groups in total. The summed E-state index contributed by atoms with van der Waals surface area (Å²) in [6, 6.07) is 15.4. The number of rotatable bonds is 5. The lowest BCUT2D eigenvalue weighted by atomic mass is 9.96. The van der Waals surface area contributed by atoms with E-state index < -0.39 is 0 Å². The van der Waals surface area contributed by atoms with Crippen molar-refractivity contribution in [3.8, 4) is 0 Å². The molecular weight excluding hydrogens is 410 g/mol. The molecule has 2 amide bonds. The summed E-state index contributed by atoms with van der Waals surface area (Å²) >= 11 is 6.02. The minimum atomic E-state index is -0.159. The van der Waals surface area contributed by atoms with Crippen molar-refractivity contribution in [2.24, 2.45) is 0 Å². The molecule has 0 saturated heterocycles. The Morgan fingerprint density at radius 3 is 2.58 bits per heavy atom. The number of nitrogens with one attached hydrogen (secondary N) is 2. The van der Waals surface area contributed by atoms with Crippen LogP contribution >= 0.6 is 11.6 Å². The minimum Gasteiger partial charge on any atom is -0.335 e. The molecule has 1 aromatic heterocycles. The second kappa shape index (κ2) is 9.56. The maximum Gasteiger partial charge on any atom is 0.318 e. The van der Waals surface area contributed by atoms with Crippen LogP contribution in [-0.4, -0.2) is 22.0 Å². The van der Waals surface area contributed by atoms with Crippen LogP contribution in [-0.2, 0) is 13.1 Å². The number of H-pyrrole nitrogens is 1. The zero-order valence-corrected chi connectivity index (χ0v) is 18.5. The van der Waals surface area contributed by atoms with Gasteiger partial charge in [-0.25, -0.2) is 4.79 Å². The van der Waals surface area contributed by atoms with E-state index in [1.807, 2.05) is 55.5 Å². The molecule has 4 rings (SSSR count). The van der Waals surface area contributed by atoms with Crippen LogP contribution in [0.5, 0.6) is 0 Å². The summed E-state index contributed by atoms with van der Waals surface area (Å²) in [6.07, 6.45) is 5.54. The van der Waals surface area contributed by atoms with Gasteiger partial charge in [0, 0.05) is 23.2 Å². The number of fused-ring (bicyclic) bond motifs is 1. The Morgan fingerprint density at radius 2 is 1.84 bits per heavy atom. The quantitative estimate of drug-likeness (QED) is 0.550. The SMILES string of the molecule is Cc1cccc2cc(CN(Cc3ccc(Cl)cc3)C(=O)NC3CCCCC3)c(=O)[nH]c12. The average molecular weight is 438 g/mol. The highest BCUT2D eigenvalue weighted by molar-refractivity contribution is 6.30. The fraction of sp³-hybridized carbons (Fsp3) is 0.360. The van der Waals surface area contributed by atoms with Gasteiger partial charge in [-0.1, -0.05) is 61.2 Å². The summed E-state index contributed by atoms with van der Waals surface area (Å²) in [7, 11) is 0. The highest BCUT2D eigenvalue weighted by Crippen LogP contribution is 2.20. The zero-order valence-electron chi connectivity index (χ0n) is 17.8. The largest absolute Gasteiger partial charge is 0.335 e. The van der Waals surface area contributed by atoms with Crippen LogP contribution in [0.15, 0.2) is 53.3 Å². The smallest absolute Gasteiger partial charge is 0.318 e. The molecule has 1 aliphatic rings. The Labute approximate surface area is 187 Å². The van der Waals surface area contributed by atoms with Gasteiger partial charge in [-0.05, 0) is 54.5 Å². The lowest BCUT2D eigenvalue weighted by Crippen LogP contribution is -2.45. The van der Waals surface area contributed by atoms with Gasteiger partial charge in [-0.3, -0.25) is 4.79 Å². The molecule has 5 nitrogen and oxygen atoms in total. The van der Waals surface area contributed by atoms with E-state index in [1.54, 1.807) is 4.90 Å². The van der Waals surface area contributed by atoms with Gasteiger partial charge in [0.1, 0.15) is 0 Å². The molecule has 1 saturated carbocycles. The third kappa shape index (κ3) is 5.28. The summed E-state index contributed by atoms with van der Waals surface area (Å²) in [4.78, 5) is 30.7. The third-order valence-electron chi connectivity index (χ3n) is 6.03. The molecule has 1 aliphatic carbocycles. The predicted molar refractivity (Wildman–Crippen MR) is 125 cm³/mol. The number of pyridine rings is 1. The van der Waals surface area contributed by atoms with Gasteiger partial charge in [0.25, 0.3) is 5.56 Å². The number of hydrogen-bond acceptors (Lipinski definition) is 2. The summed E-state index contributed by atoms with van der Waals surface area (Å²) in [5.74, 6) is 0. The molecular formula is C25H28ClN3O2. The Hall–Kier alpha value is -2.79. The molecule has 0 radical (unpaired) electrons. The van der Waals surface area contributed by atoms with Crippen LogP contribution < -0.4 is 10.9 Å². The topological polar surface area (TPSA) is 65.2 Å². The van der Waals surface area contributed by atoms with Crippen molar-refractivity contribution in [1.82, 2.24) is 15.2 Å². The van der Waals surface area contributed by atoms with Crippen LogP contribution in [0, 0.1) is 6.92 Å². The van der Waals surface area contributed by atoms with Crippen LogP contribution in [0.2, 0.25) is 5.02 Å². The maximum atomic E-state index is 13.2. The highest BCUT2D eigenvalue weighted by Gasteiger charge is 2.21. The maximum absolute atomic E-state index is 13.2. The van der Waals surface area contributed by atoms with E-state index >= 15 is 0 Å². The summed E-state index contributed by atoms with van der Waals surface area (Å²) < 4.78 is 0. The van der Waals surface area contributed by atoms with Gasteiger partial charge in [0.2, 0.25) is 0 Å². The first kappa shape index (κ1) is 21.4. The van der Waals surface area contributed by atoms with Crippen molar-refractivity contribution in [1.29, 1.82) is 0 Å². The van der Waals surface area contributed by atoms with Crippen molar-refractivity contribution in [3.63, 3.8) is 0 Å². The molecule has 3 aromatic rings. The normalized spacial score (nSPS) is 14.5. The zero-order chi connectivity index (χ0) is 21.8. The molecule has 0 bridgehead atoms. The van der Waals surface area contributed by atoms with E-state index in [2.05, 4.69) is 10.3 Å². The van der Waals surface area contributed by atoms with Gasteiger partial charge in [0.15, 0.2) is 0 Å². The van der Waals surface area contributed by atoms with Gasteiger partial charge >= 0.3 is 6.03 Å². The van der Waals surface area contributed by atoms with Gasteiger partial charge in [0.05, 0.1) is 12.1 Å². The Balaban J connectivity index is 1.60. The van der Waals surface area contributed by atoms with E-state index in [4.69, 9.17) is 11.6 Å². The Kier molecular flexibility index (Phi) is 6.62. The second-order valence-electron chi connectivity index (χ2n) is 8.43. The number of urea groups is 1. The van der Waals surface area contributed by atoms with Crippen molar-refractivity contribution in [3.05, 3.63) is 80.6 Å². The standard InChI is InChI=1S/C25H28ClN3O2/c1-17-6-5-7-19-14-20(24(30)28-23(17)19)16-29(15-18-10-12-21(26)13-11-18)25(31)27-22-8-3-2-4-9-22/h5-7,10-14,22H,2-4,8-9,15-16H2,1H3,(H,27,31)(H,28,30). The third-order valence-corrected chi connectivity index (χ3v) is 6.28. The molecule has 0 spiro atoms. The van der Waals surface area contributed by atoms with Crippen LogP contribution in [0.4, 0.5) is 4.79 Å². The number of carbonyl (C=O) groups excluding carboxylic acids is 1. The molecule has 0 unspecified atom stereocenters. The summed E-state index contributed by atoms with van der Waals surface area (Å²) in [5.41, 5.74) is 3.25. The van der Waals surface area contributed by atoms with E-state index in [1.165, 1.54) is 6.42 Å². The molecule has 1 fully saturated rings. The fourth-order valence-corrected chi connectivity index (χ4v) is 4.40. The highest BCUT2D eigenvalue weighted by atomic mass is 35.5. The number of carbonyl (C=O) groups is 1. The first-order valence-electron chi connectivity index (χ1n) is 10.9. The lowest BCUT2D eigenvalue weighted by molar-refractivity contribution is 0.184. The second-order valence-corrected chi connectivity index (χ2v) is 8.87. The molecule has 31 heavy (non-hydrogen) atoms. The van der Waals surface area contributed by atoms with Crippen LogP contribution in [0.3, 0.4) is 0 Å². The van der Waals surface area contributed by atoms with E-state index in [-0.39, 0.29) is 24.2 Å². The van der Waals surface area contributed by atoms with Gasteiger partial charge < -0.3 is 15.2 Å². The average Bonchev–Trinajstić information content (AvgIpc) is 2.76. The number of aryl methyl sites for hydroxylation is 1. The van der Waals surface area contributed by atoms with E-state index in [0.29, 0.717) is 17.1 Å². The summed E-state index contributed by atoms with van der Waals surface area (Å²) in [5, 5.41) is 4.81. The number of hydrogen-bond donors (Lipinski definition) is 2. The number of benzene rings is 2. The first-order valence-corrected chi connectivity index (χ1v) is 11.3. The number of aromatic nitrogens is 1. The van der Waals surface area contributed by atoms with Gasteiger partial charge in [-0.15, -0.1) is 0 Å².